The van der Waals surface area contributed by atoms with Crippen LogP contribution in [0, 0.1) is 5.92 Å². The second kappa shape index (κ2) is 10.7. The number of piperidine rings is 1. The molecule has 1 aliphatic carbocycles. The van der Waals surface area contributed by atoms with Crippen LogP contribution in [0.5, 0.6) is 0 Å². The zero-order valence-electron chi connectivity index (χ0n) is 20.5. The highest BCUT2D eigenvalue weighted by Gasteiger charge is 2.35. The summed E-state index contributed by atoms with van der Waals surface area (Å²) < 4.78 is 27.9. The Bertz CT molecular complexity index is 992. The fraction of sp³-hybridized carbons (Fsp3) is 0.680. The number of fused-ring (bicyclic) bond motifs is 1. The highest BCUT2D eigenvalue weighted by molar-refractivity contribution is 7.89. The lowest BCUT2D eigenvalue weighted by Crippen LogP contribution is -2.53. The third kappa shape index (κ3) is 5.31. The van der Waals surface area contributed by atoms with Crippen molar-refractivity contribution in [1.82, 2.24) is 19.0 Å². The van der Waals surface area contributed by atoms with Gasteiger partial charge in [0.05, 0.1) is 11.4 Å². The number of hydrogen-bond acceptors (Lipinski definition) is 5. The van der Waals surface area contributed by atoms with Crippen LogP contribution in [0.1, 0.15) is 44.2 Å². The summed E-state index contributed by atoms with van der Waals surface area (Å²) in [7, 11) is -3.52. The van der Waals surface area contributed by atoms with Crippen molar-refractivity contribution in [2.45, 2.75) is 50.8 Å². The van der Waals surface area contributed by atoms with Gasteiger partial charge in [0.2, 0.25) is 21.8 Å². The Balaban J connectivity index is 1.27. The SMILES string of the molecule is CCN(CC)C(=O)CN1CCN(C(=O)C2CCN(S(=O)(=O)c3ccc4c(c3)CCC4)CC2)CC1. The molecule has 34 heavy (non-hydrogen) atoms. The number of carbonyl (C=O) groups excluding carboxylic acids is 2. The number of amides is 2. The van der Waals surface area contributed by atoms with Crippen LogP contribution in [0.25, 0.3) is 0 Å². The van der Waals surface area contributed by atoms with E-state index in [0.717, 1.165) is 24.8 Å². The van der Waals surface area contributed by atoms with Crippen LogP contribution in [0.3, 0.4) is 0 Å². The number of piperazine rings is 1. The molecule has 0 radical (unpaired) electrons. The van der Waals surface area contributed by atoms with E-state index in [1.54, 1.807) is 10.4 Å². The number of nitrogens with zero attached hydrogens (tertiary/aromatic N) is 4. The first-order chi connectivity index (χ1) is 16.3. The minimum atomic E-state index is -3.52. The molecule has 0 saturated carbocycles. The van der Waals surface area contributed by atoms with E-state index in [2.05, 4.69) is 4.90 Å². The summed E-state index contributed by atoms with van der Waals surface area (Å²) in [6.45, 7) is 9.22. The summed E-state index contributed by atoms with van der Waals surface area (Å²) in [6.07, 6.45) is 4.19. The lowest BCUT2D eigenvalue weighted by Gasteiger charge is -2.38. The Labute approximate surface area is 203 Å². The van der Waals surface area contributed by atoms with E-state index >= 15 is 0 Å². The molecule has 0 N–H and O–H groups in total. The Morgan fingerprint density at radius 2 is 1.59 bits per heavy atom. The summed E-state index contributed by atoms with van der Waals surface area (Å²) in [6, 6.07) is 5.54. The Hall–Kier alpha value is -1.97. The molecule has 0 bridgehead atoms. The van der Waals surface area contributed by atoms with Gasteiger partial charge in [-0.1, -0.05) is 6.07 Å². The Morgan fingerprint density at radius 3 is 2.24 bits per heavy atom. The minimum absolute atomic E-state index is 0.129. The number of likely N-dealkylation sites (N-methyl/N-ethyl adjacent to an activating group) is 1. The van der Waals surface area contributed by atoms with E-state index in [1.807, 2.05) is 35.8 Å². The lowest BCUT2D eigenvalue weighted by atomic mass is 9.96. The number of aryl methyl sites for hydroxylation is 2. The first-order valence-corrected chi connectivity index (χ1v) is 14.2. The molecule has 3 aliphatic rings. The number of benzene rings is 1. The van der Waals surface area contributed by atoms with Gasteiger partial charge in [-0.05, 0) is 69.2 Å². The molecule has 2 aliphatic heterocycles. The number of hydrogen-bond donors (Lipinski definition) is 0. The van der Waals surface area contributed by atoms with Gasteiger partial charge < -0.3 is 9.80 Å². The van der Waals surface area contributed by atoms with Crippen LogP contribution in [0.15, 0.2) is 23.1 Å². The molecule has 2 amide bonds. The first kappa shape index (κ1) is 25.1. The lowest BCUT2D eigenvalue weighted by molar-refractivity contribution is -0.139. The quantitative estimate of drug-likeness (QED) is 0.580. The van der Waals surface area contributed by atoms with Crippen LogP contribution in [-0.2, 0) is 32.5 Å². The Kier molecular flexibility index (Phi) is 7.94. The van der Waals surface area contributed by atoms with Gasteiger partial charge in [-0.3, -0.25) is 14.5 Å². The van der Waals surface area contributed by atoms with Gasteiger partial charge in [-0.15, -0.1) is 0 Å². The summed E-state index contributed by atoms with van der Waals surface area (Å²) in [5, 5.41) is 0. The summed E-state index contributed by atoms with van der Waals surface area (Å²) in [5.41, 5.74) is 2.42. The van der Waals surface area contributed by atoms with E-state index in [1.165, 1.54) is 5.56 Å². The van der Waals surface area contributed by atoms with Gasteiger partial charge in [0.1, 0.15) is 0 Å². The molecule has 0 unspecified atom stereocenters. The number of carbonyl (C=O) groups is 2. The maximum atomic E-state index is 13.2. The normalized spacial score (nSPS) is 20.4. The molecule has 8 nitrogen and oxygen atoms in total. The van der Waals surface area contributed by atoms with Crippen LogP contribution >= 0.6 is 0 Å². The molecule has 2 heterocycles. The molecule has 2 fully saturated rings. The number of sulfonamides is 1. The standard InChI is InChI=1S/C25H38N4O4S/c1-3-27(4-2)24(30)19-26-14-16-28(17-15-26)25(31)21-10-12-29(13-11-21)34(32,33)23-9-8-20-6-5-7-22(20)18-23/h8-9,18,21H,3-7,10-17,19H2,1-2H3. The van der Waals surface area contributed by atoms with Crippen molar-refractivity contribution >= 4 is 21.8 Å². The second-order valence-corrected chi connectivity index (χ2v) is 11.6. The molecule has 0 aromatic heterocycles. The molecule has 0 spiro atoms. The van der Waals surface area contributed by atoms with Gasteiger partial charge in [-0.2, -0.15) is 4.31 Å². The van der Waals surface area contributed by atoms with Gasteiger partial charge >= 0.3 is 0 Å². The summed E-state index contributed by atoms with van der Waals surface area (Å²) >= 11 is 0. The molecule has 1 aromatic rings. The van der Waals surface area contributed by atoms with Crippen LogP contribution in [-0.4, -0.2) is 98.1 Å². The van der Waals surface area contributed by atoms with E-state index in [4.69, 9.17) is 0 Å². The summed E-state index contributed by atoms with van der Waals surface area (Å²) in [5.74, 6) is 0.140. The van der Waals surface area contributed by atoms with Crippen molar-refractivity contribution in [2.24, 2.45) is 5.92 Å². The smallest absolute Gasteiger partial charge is 0.243 e. The van der Waals surface area contributed by atoms with Gasteiger partial charge in [0.15, 0.2) is 0 Å². The Morgan fingerprint density at radius 1 is 0.941 bits per heavy atom. The van der Waals surface area contributed by atoms with Crippen molar-refractivity contribution in [1.29, 1.82) is 0 Å². The van der Waals surface area contributed by atoms with Crippen molar-refractivity contribution in [2.75, 3.05) is 58.9 Å². The predicted molar refractivity (Wildman–Crippen MR) is 131 cm³/mol. The topological polar surface area (TPSA) is 81.2 Å². The maximum absolute atomic E-state index is 13.2. The maximum Gasteiger partial charge on any atom is 0.243 e. The molecule has 9 heteroatoms. The van der Waals surface area contributed by atoms with E-state index in [9.17, 15) is 18.0 Å². The van der Waals surface area contributed by atoms with E-state index < -0.39 is 10.0 Å². The van der Waals surface area contributed by atoms with Crippen molar-refractivity contribution in [3.8, 4) is 0 Å². The third-order valence-corrected chi connectivity index (χ3v) is 9.56. The van der Waals surface area contributed by atoms with E-state index in [0.29, 0.717) is 76.6 Å². The molecule has 2 saturated heterocycles. The second-order valence-electron chi connectivity index (χ2n) is 9.63. The molecule has 1 aromatic carbocycles. The van der Waals surface area contributed by atoms with Crippen molar-refractivity contribution in [3.05, 3.63) is 29.3 Å². The largest absolute Gasteiger partial charge is 0.342 e. The van der Waals surface area contributed by atoms with Gasteiger partial charge in [0, 0.05) is 58.3 Å². The minimum Gasteiger partial charge on any atom is -0.342 e. The molecule has 4 rings (SSSR count). The zero-order valence-corrected chi connectivity index (χ0v) is 21.4. The van der Waals surface area contributed by atoms with Crippen LogP contribution < -0.4 is 0 Å². The fourth-order valence-electron chi connectivity index (χ4n) is 5.45. The average molecular weight is 491 g/mol. The molecular formula is C25H38N4O4S. The monoisotopic (exact) mass is 490 g/mol. The van der Waals surface area contributed by atoms with Crippen LogP contribution in [0.2, 0.25) is 0 Å². The predicted octanol–water partition coefficient (Wildman–Crippen LogP) is 1.59. The summed E-state index contributed by atoms with van der Waals surface area (Å²) in [4.78, 5) is 31.7. The fourth-order valence-corrected chi connectivity index (χ4v) is 6.97. The first-order valence-electron chi connectivity index (χ1n) is 12.7. The zero-order chi connectivity index (χ0) is 24.3. The van der Waals surface area contributed by atoms with Gasteiger partial charge in [0.25, 0.3) is 0 Å². The van der Waals surface area contributed by atoms with Crippen molar-refractivity contribution in [3.63, 3.8) is 0 Å². The molecular weight excluding hydrogens is 452 g/mol. The van der Waals surface area contributed by atoms with Crippen LogP contribution in [0.4, 0.5) is 0 Å². The highest BCUT2D eigenvalue weighted by Crippen LogP contribution is 2.29. The van der Waals surface area contributed by atoms with E-state index in [-0.39, 0.29) is 17.7 Å². The third-order valence-electron chi connectivity index (χ3n) is 7.67. The molecule has 188 valence electrons. The number of rotatable bonds is 7. The molecule has 0 atom stereocenters. The van der Waals surface area contributed by atoms with Gasteiger partial charge in [-0.25, -0.2) is 8.42 Å². The van der Waals surface area contributed by atoms with Crippen molar-refractivity contribution < 1.29 is 18.0 Å². The average Bonchev–Trinajstić information content (AvgIpc) is 3.33. The highest BCUT2D eigenvalue weighted by atomic mass is 32.2.